The van der Waals surface area contributed by atoms with Gasteiger partial charge in [-0.05, 0) is 44.5 Å². The molecule has 0 fully saturated rings. The van der Waals surface area contributed by atoms with Gasteiger partial charge in [-0.3, -0.25) is 14.0 Å². The molecule has 158 valence electrons. The van der Waals surface area contributed by atoms with Crippen LogP contribution in [0.15, 0.2) is 53.5 Å². The molecule has 3 aromatic heterocycles. The van der Waals surface area contributed by atoms with Crippen LogP contribution in [0.2, 0.25) is 5.02 Å². The van der Waals surface area contributed by atoms with Gasteiger partial charge in [-0.2, -0.15) is 0 Å². The number of hydrogen-bond acceptors (Lipinski definition) is 4. The molecule has 0 radical (unpaired) electrons. The Labute approximate surface area is 184 Å². The number of rotatable bonds is 4. The lowest BCUT2D eigenvalue weighted by Gasteiger charge is -2.15. The number of nitrogens with one attached hydrogen (secondary N) is 1. The van der Waals surface area contributed by atoms with Crippen LogP contribution in [0.5, 0.6) is 0 Å². The molecule has 0 unspecified atom stereocenters. The first-order valence-corrected chi connectivity index (χ1v) is 10.3. The topological polar surface area (TPSA) is 93.4 Å². The van der Waals surface area contributed by atoms with Crippen molar-refractivity contribution in [2.24, 2.45) is 0 Å². The summed E-state index contributed by atoms with van der Waals surface area (Å²) in [5.74, 6) is -0.133. The van der Waals surface area contributed by atoms with Gasteiger partial charge in [0.15, 0.2) is 0 Å². The van der Waals surface area contributed by atoms with Crippen LogP contribution in [0.1, 0.15) is 41.4 Å². The number of pyridine rings is 2. The van der Waals surface area contributed by atoms with Crippen LogP contribution in [0, 0.1) is 6.92 Å². The molecule has 0 saturated carbocycles. The van der Waals surface area contributed by atoms with E-state index in [9.17, 15) is 9.59 Å². The number of fused-ring (bicyclic) bond motifs is 2. The fraction of sp³-hybridized carbons (Fsp3) is 0.217. The average Bonchev–Trinajstić information content (AvgIpc) is 2.73. The van der Waals surface area contributed by atoms with Crippen LogP contribution in [0.25, 0.3) is 16.7 Å². The zero-order chi connectivity index (χ0) is 22.3. The van der Waals surface area contributed by atoms with Crippen LogP contribution < -0.4 is 21.2 Å². The van der Waals surface area contributed by atoms with E-state index in [4.69, 9.17) is 22.3 Å². The summed E-state index contributed by atoms with van der Waals surface area (Å²) in [4.78, 5) is 31.0. The minimum atomic E-state index is -0.387. The van der Waals surface area contributed by atoms with Crippen molar-refractivity contribution in [2.45, 2.75) is 33.4 Å². The fourth-order valence-electron chi connectivity index (χ4n) is 3.69. The second-order valence-corrected chi connectivity index (χ2v) is 8.13. The van der Waals surface area contributed by atoms with Gasteiger partial charge in [0.25, 0.3) is 17.1 Å². The minimum absolute atomic E-state index is 0.114. The number of amides is 1. The Bertz CT molecular complexity index is 1390. The second kappa shape index (κ2) is 8.00. The fourth-order valence-corrected chi connectivity index (χ4v) is 3.89. The third-order valence-electron chi connectivity index (χ3n) is 5.27. The lowest BCUT2D eigenvalue weighted by molar-refractivity contribution is -0.679. The van der Waals surface area contributed by atoms with Gasteiger partial charge in [0, 0.05) is 23.3 Å². The van der Waals surface area contributed by atoms with E-state index in [1.165, 1.54) is 10.5 Å². The molecule has 0 spiro atoms. The summed E-state index contributed by atoms with van der Waals surface area (Å²) in [5, 5.41) is 3.74. The number of hydrogen-bond donors (Lipinski definition) is 2. The van der Waals surface area contributed by atoms with Crippen molar-refractivity contribution in [3.05, 3.63) is 80.7 Å². The molecule has 0 atom stereocenters. The highest BCUT2D eigenvalue weighted by Gasteiger charge is 2.26. The quantitative estimate of drug-likeness (QED) is 0.379. The number of halogens is 1. The van der Waals surface area contributed by atoms with E-state index < -0.39 is 0 Å². The molecule has 0 aliphatic rings. The maximum Gasteiger partial charge on any atom is 0.278 e. The molecular weight excluding hydrogens is 414 g/mol. The Kier molecular flexibility index (Phi) is 5.37. The highest BCUT2D eigenvalue weighted by molar-refractivity contribution is 6.31. The van der Waals surface area contributed by atoms with Gasteiger partial charge < -0.3 is 11.1 Å². The van der Waals surface area contributed by atoms with Gasteiger partial charge in [-0.1, -0.05) is 40.9 Å². The summed E-state index contributed by atoms with van der Waals surface area (Å²) in [7, 11) is 0. The maximum absolute atomic E-state index is 13.2. The average molecular weight is 437 g/mol. The molecule has 31 heavy (non-hydrogen) atoms. The number of carbonyl (C=O) groups is 1. The number of aryl methyl sites for hydroxylation is 1. The number of aromatic nitrogens is 3. The van der Waals surface area contributed by atoms with Gasteiger partial charge >= 0.3 is 0 Å². The normalized spacial score (nSPS) is 11.4. The molecule has 0 aliphatic heterocycles. The first kappa shape index (κ1) is 20.8. The van der Waals surface area contributed by atoms with E-state index in [0.29, 0.717) is 21.7 Å². The van der Waals surface area contributed by atoms with E-state index >= 15 is 0 Å². The van der Waals surface area contributed by atoms with Gasteiger partial charge in [-0.15, -0.1) is 0 Å². The summed E-state index contributed by atoms with van der Waals surface area (Å²) in [6.07, 6.45) is 1.67. The molecule has 7 nitrogen and oxygen atoms in total. The van der Waals surface area contributed by atoms with Crippen molar-refractivity contribution in [1.29, 1.82) is 0 Å². The standard InChI is InChI=1S/C23H22ClN5O2/c1-13(2)29-19(25)16(22(30)26-12-15-8-4-5-9-18(15)24)11-17-21(29)27-20-14(3)7-6-10-28(20)23(17)31/h4-11,13,25H,12H2,1-3H3,(H,26,30)/p+1. The minimum Gasteiger partial charge on any atom is -0.348 e. The predicted octanol–water partition coefficient (Wildman–Crippen LogP) is 3.19. The zero-order valence-corrected chi connectivity index (χ0v) is 18.3. The number of carbonyl (C=O) groups excluding carboxylic acids is 1. The van der Waals surface area contributed by atoms with Crippen molar-refractivity contribution < 1.29 is 9.36 Å². The molecule has 0 aliphatic carbocycles. The Morgan fingerprint density at radius 1 is 1.26 bits per heavy atom. The van der Waals surface area contributed by atoms with E-state index in [0.717, 1.165) is 11.1 Å². The largest absolute Gasteiger partial charge is 0.348 e. The number of nitrogens with two attached hydrogens (primary N) is 1. The maximum atomic E-state index is 13.2. The van der Waals surface area contributed by atoms with Crippen molar-refractivity contribution >= 4 is 40.0 Å². The molecule has 0 saturated heterocycles. The van der Waals surface area contributed by atoms with Crippen LogP contribution in [0.4, 0.5) is 5.82 Å². The third-order valence-corrected chi connectivity index (χ3v) is 5.64. The molecule has 3 heterocycles. The molecule has 4 rings (SSSR count). The SMILES string of the molecule is Cc1cccn2c(=O)c3cc(C(=O)NCc4ccccc4Cl)c(N)[n+](C(C)C)c3nc12. The van der Waals surface area contributed by atoms with E-state index in [2.05, 4.69) is 5.32 Å². The van der Waals surface area contributed by atoms with Crippen molar-refractivity contribution in [1.82, 2.24) is 14.7 Å². The number of nitrogen functional groups attached to an aromatic ring is 1. The van der Waals surface area contributed by atoms with E-state index in [1.807, 2.05) is 45.0 Å². The van der Waals surface area contributed by atoms with Gasteiger partial charge in [0.1, 0.15) is 10.9 Å². The predicted molar refractivity (Wildman–Crippen MR) is 121 cm³/mol. The smallest absolute Gasteiger partial charge is 0.278 e. The van der Waals surface area contributed by atoms with Crippen molar-refractivity contribution in [3.8, 4) is 0 Å². The summed E-state index contributed by atoms with van der Waals surface area (Å²) in [5.41, 5.74) is 9.05. The van der Waals surface area contributed by atoms with Gasteiger partial charge in [0.05, 0.1) is 6.04 Å². The number of benzene rings is 1. The summed E-state index contributed by atoms with van der Waals surface area (Å²) >= 11 is 6.19. The van der Waals surface area contributed by atoms with Gasteiger partial charge in [0.2, 0.25) is 11.5 Å². The third kappa shape index (κ3) is 3.61. The monoisotopic (exact) mass is 436 g/mol. The Hall–Kier alpha value is -3.45. The van der Waals surface area contributed by atoms with Crippen molar-refractivity contribution in [2.75, 3.05) is 5.73 Å². The summed E-state index contributed by atoms with van der Waals surface area (Å²) < 4.78 is 3.22. The van der Waals surface area contributed by atoms with Crippen molar-refractivity contribution in [3.63, 3.8) is 0 Å². The van der Waals surface area contributed by atoms with Crippen LogP contribution in [-0.2, 0) is 6.54 Å². The molecule has 1 amide bonds. The molecular formula is C23H23ClN5O2+. The van der Waals surface area contributed by atoms with Crippen LogP contribution in [-0.4, -0.2) is 15.3 Å². The van der Waals surface area contributed by atoms with Crippen LogP contribution >= 0.6 is 11.6 Å². The van der Waals surface area contributed by atoms with Crippen LogP contribution in [0.3, 0.4) is 0 Å². The molecule has 1 aromatic carbocycles. The molecule has 4 aromatic rings. The van der Waals surface area contributed by atoms with E-state index in [-0.39, 0.29) is 35.4 Å². The Morgan fingerprint density at radius 3 is 2.71 bits per heavy atom. The summed E-state index contributed by atoms with van der Waals surface area (Å²) in [6, 6.07) is 12.4. The summed E-state index contributed by atoms with van der Waals surface area (Å²) in [6.45, 7) is 6.00. The zero-order valence-electron chi connectivity index (χ0n) is 17.5. The molecule has 0 bridgehead atoms. The first-order valence-electron chi connectivity index (χ1n) is 9.97. The van der Waals surface area contributed by atoms with E-state index in [1.54, 1.807) is 22.9 Å². The molecule has 8 heteroatoms. The Morgan fingerprint density at radius 2 is 2.00 bits per heavy atom. The Balaban J connectivity index is 1.88. The lowest BCUT2D eigenvalue weighted by atomic mass is 10.1. The van der Waals surface area contributed by atoms with Gasteiger partial charge in [-0.25, -0.2) is 4.57 Å². The number of nitrogens with zero attached hydrogens (tertiary/aromatic N) is 3. The highest BCUT2D eigenvalue weighted by Crippen LogP contribution is 2.19. The highest BCUT2D eigenvalue weighted by atomic mass is 35.5. The lowest BCUT2D eigenvalue weighted by Crippen LogP contribution is -2.44. The first-order chi connectivity index (χ1) is 14.8. The second-order valence-electron chi connectivity index (χ2n) is 7.72. The molecule has 3 N–H and O–H groups in total. The number of anilines is 1.